The molecule has 0 radical (unpaired) electrons. The molecule has 2 rings (SSSR count). The van der Waals surface area contributed by atoms with Gasteiger partial charge in [0.25, 0.3) is 0 Å². The first-order valence-electron chi connectivity index (χ1n) is 5.94. The summed E-state index contributed by atoms with van der Waals surface area (Å²) in [5.74, 6) is 0.708. The number of methoxy groups -OCH3 is 1. The summed E-state index contributed by atoms with van der Waals surface area (Å²) in [7, 11) is 3.86. The maximum Gasteiger partial charge on any atom is 0.213 e. The van der Waals surface area contributed by atoms with Crippen molar-refractivity contribution in [2.75, 3.05) is 20.7 Å². The van der Waals surface area contributed by atoms with Crippen LogP contribution in [0.1, 0.15) is 36.6 Å². The van der Waals surface area contributed by atoms with Gasteiger partial charge in [-0.15, -0.1) is 0 Å². The van der Waals surface area contributed by atoms with Crippen LogP contribution in [-0.2, 0) is 0 Å². The molecule has 16 heavy (non-hydrogen) atoms. The number of piperidine rings is 1. The largest absolute Gasteiger partial charge is 0.481 e. The Morgan fingerprint density at radius 3 is 2.81 bits per heavy atom. The van der Waals surface area contributed by atoms with E-state index in [1.54, 1.807) is 7.11 Å². The van der Waals surface area contributed by atoms with Crippen LogP contribution in [0.2, 0.25) is 0 Å². The van der Waals surface area contributed by atoms with Crippen LogP contribution in [0, 0.1) is 6.92 Å². The maximum absolute atomic E-state index is 5.14. The van der Waals surface area contributed by atoms with Gasteiger partial charge < -0.3 is 4.74 Å². The first-order valence-corrected chi connectivity index (χ1v) is 5.94. The van der Waals surface area contributed by atoms with Crippen molar-refractivity contribution in [2.45, 2.75) is 32.2 Å². The monoisotopic (exact) mass is 220 g/mol. The Labute approximate surface area is 97.4 Å². The molecule has 0 aromatic carbocycles. The quantitative estimate of drug-likeness (QED) is 0.766. The number of aryl methyl sites for hydroxylation is 1. The van der Waals surface area contributed by atoms with Crippen LogP contribution in [0.5, 0.6) is 5.88 Å². The molecular formula is C13H20N2O. The lowest BCUT2D eigenvalue weighted by molar-refractivity contribution is 0.186. The van der Waals surface area contributed by atoms with E-state index in [9.17, 15) is 0 Å². The van der Waals surface area contributed by atoms with Gasteiger partial charge >= 0.3 is 0 Å². The SMILES string of the molecule is COc1ccc([C@@H]2CCCCN2C)c(C)n1. The minimum absolute atomic E-state index is 0.534. The van der Waals surface area contributed by atoms with Gasteiger partial charge in [-0.3, -0.25) is 4.90 Å². The standard InChI is InChI=1S/C13H20N2O/c1-10-11(7-8-13(14-10)16-3)12-6-4-5-9-15(12)2/h7-8,12H,4-6,9H2,1-3H3/t12-/m0/s1. The van der Waals surface area contributed by atoms with Crippen molar-refractivity contribution < 1.29 is 4.74 Å². The molecule has 1 aromatic heterocycles. The Balaban J connectivity index is 2.25. The number of pyridine rings is 1. The predicted molar refractivity (Wildman–Crippen MR) is 64.7 cm³/mol. The average Bonchev–Trinajstić information content (AvgIpc) is 2.30. The van der Waals surface area contributed by atoms with Crippen LogP contribution in [0.3, 0.4) is 0 Å². The molecule has 88 valence electrons. The first-order chi connectivity index (χ1) is 7.72. The molecule has 0 saturated carbocycles. The lowest BCUT2D eigenvalue weighted by atomic mass is 9.95. The summed E-state index contributed by atoms with van der Waals surface area (Å²) in [6.07, 6.45) is 3.88. The Morgan fingerprint density at radius 1 is 1.38 bits per heavy atom. The number of aromatic nitrogens is 1. The summed E-state index contributed by atoms with van der Waals surface area (Å²) in [6.45, 7) is 3.26. The van der Waals surface area contributed by atoms with Crippen molar-refractivity contribution in [3.05, 3.63) is 23.4 Å². The fourth-order valence-corrected chi connectivity index (χ4v) is 2.48. The highest BCUT2D eigenvalue weighted by Gasteiger charge is 2.22. The summed E-state index contributed by atoms with van der Waals surface area (Å²) in [5.41, 5.74) is 2.45. The Hall–Kier alpha value is -1.09. The third-order valence-corrected chi connectivity index (χ3v) is 3.44. The van der Waals surface area contributed by atoms with Crippen molar-refractivity contribution in [1.29, 1.82) is 0 Å². The minimum atomic E-state index is 0.534. The number of nitrogens with zero attached hydrogens (tertiary/aromatic N) is 2. The van der Waals surface area contributed by atoms with Crippen LogP contribution in [0.15, 0.2) is 12.1 Å². The van der Waals surface area contributed by atoms with E-state index in [4.69, 9.17) is 4.74 Å². The summed E-state index contributed by atoms with van der Waals surface area (Å²) >= 11 is 0. The van der Waals surface area contributed by atoms with Gasteiger partial charge in [0.2, 0.25) is 5.88 Å². The van der Waals surface area contributed by atoms with Crippen molar-refractivity contribution >= 4 is 0 Å². The minimum Gasteiger partial charge on any atom is -0.481 e. The van der Waals surface area contributed by atoms with E-state index in [0.717, 1.165) is 5.69 Å². The zero-order chi connectivity index (χ0) is 11.5. The van der Waals surface area contributed by atoms with Gasteiger partial charge in [-0.25, -0.2) is 4.98 Å². The van der Waals surface area contributed by atoms with Crippen LogP contribution < -0.4 is 4.74 Å². The van der Waals surface area contributed by atoms with E-state index in [2.05, 4.69) is 29.9 Å². The van der Waals surface area contributed by atoms with Crippen molar-refractivity contribution in [3.63, 3.8) is 0 Å². The fourth-order valence-electron chi connectivity index (χ4n) is 2.48. The van der Waals surface area contributed by atoms with Gasteiger partial charge in [-0.05, 0) is 38.9 Å². The molecule has 1 aromatic rings. The van der Waals surface area contributed by atoms with Gasteiger partial charge in [-0.2, -0.15) is 0 Å². The second-order valence-corrected chi connectivity index (χ2v) is 4.52. The number of ether oxygens (including phenoxy) is 1. The lowest BCUT2D eigenvalue weighted by Crippen LogP contribution is -2.30. The molecule has 0 amide bonds. The molecule has 3 nitrogen and oxygen atoms in total. The fraction of sp³-hybridized carbons (Fsp3) is 0.615. The van der Waals surface area contributed by atoms with Crippen LogP contribution in [-0.4, -0.2) is 30.6 Å². The van der Waals surface area contributed by atoms with Gasteiger partial charge in [0.05, 0.1) is 7.11 Å². The van der Waals surface area contributed by atoms with E-state index < -0.39 is 0 Å². The zero-order valence-electron chi connectivity index (χ0n) is 10.4. The highest BCUT2D eigenvalue weighted by Crippen LogP contribution is 2.31. The first kappa shape index (κ1) is 11.4. The molecule has 2 heterocycles. The molecule has 1 aliphatic heterocycles. The van der Waals surface area contributed by atoms with E-state index in [1.165, 1.54) is 31.4 Å². The molecule has 1 atom stereocenters. The van der Waals surface area contributed by atoms with Crippen LogP contribution in [0.25, 0.3) is 0 Å². The molecule has 0 unspecified atom stereocenters. The van der Waals surface area contributed by atoms with Crippen LogP contribution >= 0.6 is 0 Å². The maximum atomic E-state index is 5.14. The molecule has 0 aliphatic carbocycles. The Kier molecular flexibility index (Phi) is 3.44. The van der Waals surface area contributed by atoms with Crippen molar-refractivity contribution in [1.82, 2.24) is 9.88 Å². The average molecular weight is 220 g/mol. The predicted octanol–water partition coefficient (Wildman–Crippen LogP) is 2.56. The van der Waals surface area contributed by atoms with Crippen molar-refractivity contribution in [3.8, 4) is 5.88 Å². The smallest absolute Gasteiger partial charge is 0.213 e. The van der Waals surface area contributed by atoms with E-state index in [0.29, 0.717) is 11.9 Å². The third-order valence-electron chi connectivity index (χ3n) is 3.44. The molecule has 0 spiro atoms. The normalized spacial score (nSPS) is 22.1. The van der Waals surface area contributed by atoms with Gasteiger partial charge in [0, 0.05) is 17.8 Å². The highest BCUT2D eigenvalue weighted by atomic mass is 16.5. The van der Waals surface area contributed by atoms with Crippen molar-refractivity contribution in [2.24, 2.45) is 0 Å². The summed E-state index contributed by atoms with van der Waals surface area (Å²) in [5, 5.41) is 0. The third kappa shape index (κ3) is 2.19. The van der Waals surface area contributed by atoms with E-state index in [1.807, 2.05) is 6.07 Å². The molecule has 1 fully saturated rings. The van der Waals surface area contributed by atoms with Gasteiger partial charge in [0.1, 0.15) is 0 Å². The Morgan fingerprint density at radius 2 is 2.19 bits per heavy atom. The molecule has 1 saturated heterocycles. The number of rotatable bonds is 2. The highest BCUT2D eigenvalue weighted by molar-refractivity contribution is 5.28. The summed E-state index contributed by atoms with van der Waals surface area (Å²) in [6, 6.07) is 4.66. The second-order valence-electron chi connectivity index (χ2n) is 4.52. The Bertz CT molecular complexity index is 365. The lowest BCUT2D eigenvalue weighted by Gasteiger charge is -2.33. The number of hydrogen-bond acceptors (Lipinski definition) is 3. The summed E-state index contributed by atoms with van der Waals surface area (Å²) < 4.78 is 5.14. The summed E-state index contributed by atoms with van der Waals surface area (Å²) in [4.78, 5) is 6.88. The molecule has 0 N–H and O–H groups in total. The van der Waals surface area contributed by atoms with Gasteiger partial charge in [0.15, 0.2) is 0 Å². The molecule has 0 bridgehead atoms. The van der Waals surface area contributed by atoms with Crippen LogP contribution in [0.4, 0.5) is 0 Å². The molecule has 1 aliphatic rings. The zero-order valence-corrected chi connectivity index (χ0v) is 10.4. The topological polar surface area (TPSA) is 25.4 Å². The van der Waals surface area contributed by atoms with E-state index >= 15 is 0 Å². The number of hydrogen-bond donors (Lipinski definition) is 0. The molecule has 3 heteroatoms. The molecular weight excluding hydrogens is 200 g/mol. The van der Waals surface area contributed by atoms with E-state index in [-0.39, 0.29) is 0 Å². The number of likely N-dealkylation sites (tertiary alicyclic amines) is 1. The van der Waals surface area contributed by atoms with Gasteiger partial charge in [-0.1, -0.05) is 12.5 Å². The second kappa shape index (κ2) is 4.83.